The van der Waals surface area contributed by atoms with Gasteiger partial charge in [0.15, 0.2) is 17.5 Å². The minimum atomic E-state index is 0.593. The van der Waals surface area contributed by atoms with Crippen LogP contribution in [0.5, 0.6) is 0 Å². The van der Waals surface area contributed by atoms with Gasteiger partial charge in [0.25, 0.3) is 0 Å². The van der Waals surface area contributed by atoms with E-state index in [0.717, 1.165) is 88.9 Å². The van der Waals surface area contributed by atoms with Crippen molar-refractivity contribution in [2.45, 2.75) is 0 Å². The molecule has 0 aliphatic rings. The second kappa shape index (κ2) is 15.5. The summed E-state index contributed by atoms with van der Waals surface area (Å²) in [5.41, 5.74) is 14.6. The lowest BCUT2D eigenvalue weighted by Crippen LogP contribution is -2.01. The molecule has 0 fully saturated rings. The molecule has 0 atom stereocenters. The molecule has 5 nitrogen and oxygen atoms in total. The molecule has 61 heavy (non-hydrogen) atoms. The quantitative estimate of drug-likeness (QED) is 0.154. The molecule has 0 radical (unpaired) electrons. The highest BCUT2D eigenvalue weighted by Crippen LogP contribution is 2.42. The summed E-state index contributed by atoms with van der Waals surface area (Å²) in [5, 5.41) is 7.57. The van der Waals surface area contributed by atoms with Crippen LogP contribution in [-0.2, 0) is 0 Å². The summed E-state index contributed by atoms with van der Waals surface area (Å²) in [7, 11) is 0. The lowest BCUT2D eigenvalue weighted by Gasteiger charge is -2.13. The largest absolute Gasteiger partial charge is 0.231 e. The van der Waals surface area contributed by atoms with Gasteiger partial charge in [-0.05, 0) is 45.3 Å². The molecule has 11 aromatic rings. The summed E-state index contributed by atoms with van der Waals surface area (Å²) in [6.07, 6.45) is 0. The molecular weight excluding hydrogens is 743 g/mol. The molecule has 0 saturated heterocycles. The zero-order valence-electron chi connectivity index (χ0n) is 33.1. The van der Waals surface area contributed by atoms with Crippen LogP contribution in [0.2, 0.25) is 0 Å². The number of benzene rings is 8. The van der Waals surface area contributed by atoms with Crippen molar-refractivity contribution >= 4 is 16.3 Å². The van der Waals surface area contributed by atoms with E-state index in [4.69, 9.17) is 20.1 Å². The fourth-order valence-corrected chi connectivity index (χ4v) is 8.21. The van der Waals surface area contributed by atoms with E-state index in [1.165, 1.54) is 0 Å². The normalized spacial score (nSPS) is 11.3. The Morgan fingerprint density at radius 1 is 0.295 bits per heavy atom. The number of aromatic nitrogens is 5. The summed E-state index contributed by atoms with van der Waals surface area (Å²) >= 11 is 0. The summed E-state index contributed by atoms with van der Waals surface area (Å²) in [6, 6.07) is 78.1. The van der Waals surface area contributed by atoms with Gasteiger partial charge in [0.1, 0.15) is 5.69 Å². The Hall–Kier alpha value is -8.28. The van der Waals surface area contributed by atoms with Gasteiger partial charge < -0.3 is 0 Å². The number of pyridine rings is 1. The van der Waals surface area contributed by atoms with Crippen LogP contribution in [0.1, 0.15) is 0 Å². The molecular formula is C56H37N5. The van der Waals surface area contributed by atoms with Gasteiger partial charge in [-0.2, -0.15) is 5.10 Å². The Kier molecular flexibility index (Phi) is 9.10. The average Bonchev–Trinajstić information content (AvgIpc) is 3.76. The van der Waals surface area contributed by atoms with E-state index in [0.29, 0.717) is 17.5 Å². The van der Waals surface area contributed by atoms with E-state index in [9.17, 15) is 0 Å². The first-order chi connectivity index (χ1) is 30.2. The van der Waals surface area contributed by atoms with Crippen LogP contribution in [0.25, 0.3) is 106 Å². The van der Waals surface area contributed by atoms with Crippen molar-refractivity contribution in [3.63, 3.8) is 0 Å². The minimum absolute atomic E-state index is 0.593. The maximum atomic E-state index is 5.43. The van der Waals surface area contributed by atoms with Crippen molar-refractivity contribution in [2.75, 3.05) is 0 Å². The first-order valence-corrected chi connectivity index (χ1v) is 20.5. The van der Waals surface area contributed by atoms with Crippen LogP contribution in [0.15, 0.2) is 224 Å². The van der Waals surface area contributed by atoms with Gasteiger partial charge in [-0.1, -0.05) is 212 Å². The molecule has 3 heterocycles. The first-order valence-electron chi connectivity index (χ1n) is 20.5. The smallest absolute Gasteiger partial charge is 0.164 e. The molecule has 0 saturated carbocycles. The third kappa shape index (κ3) is 6.84. The van der Waals surface area contributed by atoms with Crippen molar-refractivity contribution in [3.8, 4) is 90.1 Å². The molecule has 0 spiro atoms. The van der Waals surface area contributed by atoms with Crippen molar-refractivity contribution in [2.24, 2.45) is 0 Å². The second-order valence-electron chi connectivity index (χ2n) is 15.1. The van der Waals surface area contributed by atoms with E-state index < -0.39 is 0 Å². The first kappa shape index (κ1) is 35.8. The van der Waals surface area contributed by atoms with Crippen molar-refractivity contribution in [3.05, 3.63) is 224 Å². The van der Waals surface area contributed by atoms with Crippen LogP contribution in [-0.4, -0.2) is 24.6 Å². The standard InChI is InChI=1S/C56H37N5/c1-6-16-38(17-7-1)40-26-30-45(31-27-40)54-57-55(46-32-28-41(29-33-46)39-18-8-2-9-19-39)59-56(58-54)48-35-34-47-37-50(42-20-10-3-11-21-42)61-53(49(47)36-48)51(43-22-12-4-13-23-43)52(60-61)44-24-14-5-15-25-44/h1-37H. The maximum absolute atomic E-state index is 5.43. The molecule has 5 heteroatoms. The SMILES string of the molecule is c1ccc(-c2ccc(-c3nc(-c4ccc(-c5ccccc5)cc4)nc(-c4ccc5cc(-c6ccccc6)n6nc(-c7ccccc7)c(-c7ccccc7)c6c5c4)n3)cc2)cc1. The number of rotatable bonds is 8. The number of hydrogen-bond acceptors (Lipinski definition) is 4. The van der Waals surface area contributed by atoms with Crippen LogP contribution in [0, 0.1) is 0 Å². The van der Waals surface area contributed by atoms with Crippen molar-refractivity contribution in [1.82, 2.24) is 24.6 Å². The van der Waals surface area contributed by atoms with Crippen LogP contribution in [0.3, 0.4) is 0 Å². The highest BCUT2D eigenvalue weighted by atomic mass is 15.2. The van der Waals surface area contributed by atoms with E-state index in [1.54, 1.807) is 0 Å². The number of fused-ring (bicyclic) bond motifs is 3. The van der Waals surface area contributed by atoms with Gasteiger partial charge in [0.2, 0.25) is 0 Å². The van der Waals surface area contributed by atoms with Gasteiger partial charge in [-0.15, -0.1) is 0 Å². The van der Waals surface area contributed by atoms with Gasteiger partial charge in [0, 0.05) is 38.8 Å². The molecule has 0 aliphatic heterocycles. The van der Waals surface area contributed by atoms with E-state index in [1.807, 2.05) is 18.2 Å². The zero-order chi connectivity index (χ0) is 40.5. The Bertz CT molecular complexity index is 3190. The third-order valence-corrected chi connectivity index (χ3v) is 11.3. The fraction of sp³-hybridized carbons (Fsp3) is 0. The van der Waals surface area contributed by atoms with Gasteiger partial charge in [-0.3, -0.25) is 0 Å². The molecule has 0 unspecified atom stereocenters. The molecule has 0 bridgehead atoms. The van der Waals surface area contributed by atoms with Gasteiger partial charge >= 0.3 is 0 Å². The topological polar surface area (TPSA) is 56.0 Å². The summed E-state index contributed by atoms with van der Waals surface area (Å²) in [4.78, 5) is 15.5. The van der Waals surface area contributed by atoms with Crippen molar-refractivity contribution in [1.29, 1.82) is 0 Å². The Morgan fingerprint density at radius 3 is 1.16 bits per heavy atom. The highest BCUT2D eigenvalue weighted by molar-refractivity contribution is 6.09. The highest BCUT2D eigenvalue weighted by Gasteiger charge is 2.22. The minimum Gasteiger partial charge on any atom is -0.231 e. The van der Waals surface area contributed by atoms with Crippen LogP contribution < -0.4 is 0 Å². The van der Waals surface area contributed by atoms with E-state index in [-0.39, 0.29) is 0 Å². The lowest BCUT2D eigenvalue weighted by molar-refractivity contribution is 0.979. The average molecular weight is 780 g/mol. The van der Waals surface area contributed by atoms with Gasteiger partial charge in [-0.25, -0.2) is 19.5 Å². The molecule has 0 aliphatic carbocycles. The predicted molar refractivity (Wildman–Crippen MR) is 250 cm³/mol. The second-order valence-corrected chi connectivity index (χ2v) is 15.1. The third-order valence-electron chi connectivity index (χ3n) is 11.3. The van der Waals surface area contributed by atoms with Crippen LogP contribution in [0.4, 0.5) is 0 Å². The summed E-state index contributed by atoms with van der Waals surface area (Å²) < 4.78 is 2.12. The summed E-state index contributed by atoms with van der Waals surface area (Å²) in [5.74, 6) is 1.81. The lowest BCUT2D eigenvalue weighted by atomic mass is 9.96. The molecule has 8 aromatic carbocycles. The molecule has 286 valence electrons. The fourth-order valence-electron chi connectivity index (χ4n) is 8.21. The molecule has 0 N–H and O–H groups in total. The Morgan fingerprint density at radius 2 is 0.672 bits per heavy atom. The monoisotopic (exact) mass is 779 g/mol. The number of hydrogen-bond donors (Lipinski definition) is 0. The Balaban J connectivity index is 1.13. The Labute approximate surface area is 354 Å². The van der Waals surface area contributed by atoms with Crippen molar-refractivity contribution < 1.29 is 0 Å². The molecule has 0 amide bonds. The van der Waals surface area contributed by atoms with E-state index >= 15 is 0 Å². The maximum Gasteiger partial charge on any atom is 0.164 e. The molecule has 3 aromatic heterocycles. The number of nitrogens with zero attached hydrogens (tertiary/aromatic N) is 5. The zero-order valence-corrected chi connectivity index (χ0v) is 33.1. The molecule has 11 rings (SSSR count). The predicted octanol–water partition coefficient (Wildman–Crippen LogP) is 14.0. The van der Waals surface area contributed by atoms with Gasteiger partial charge in [0.05, 0.1) is 11.2 Å². The van der Waals surface area contributed by atoms with Crippen LogP contribution >= 0.6 is 0 Å². The summed E-state index contributed by atoms with van der Waals surface area (Å²) in [6.45, 7) is 0. The van der Waals surface area contributed by atoms with E-state index in [2.05, 4.69) is 211 Å².